The Kier molecular flexibility index (Phi) is 8.95. The van der Waals surface area contributed by atoms with Crippen LogP contribution in [-0.4, -0.2) is 55.8 Å². The molecular formula is C21H34N4O2. The largest absolute Gasteiger partial charge is 0.450 e. The summed E-state index contributed by atoms with van der Waals surface area (Å²) in [7, 11) is 0. The minimum atomic E-state index is -0.204. The van der Waals surface area contributed by atoms with E-state index in [1.54, 1.807) is 4.90 Å². The Morgan fingerprint density at radius 2 is 1.93 bits per heavy atom. The van der Waals surface area contributed by atoms with Crippen LogP contribution >= 0.6 is 0 Å². The van der Waals surface area contributed by atoms with E-state index in [0.717, 1.165) is 51.4 Å². The van der Waals surface area contributed by atoms with E-state index in [0.29, 0.717) is 18.6 Å². The first kappa shape index (κ1) is 21.1. The van der Waals surface area contributed by atoms with E-state index < -0.39 is 0 Å². The normalized spacial score (nSPS) is 16.7. The van der Waals surface area contributed by atoms with E-state index in [9.17, 15) is 4.79 Å². The minimum absolute atomic E-state index is 0.204. The number of rotatable bonds is 7. The molecule has 6 nitrogen and oxygen atoms in total. The van der Waals surface area contributed by atoms with Crippen molar-refractivity contribution in [1.82, 2.24) is 15.5 Å². The summed E-state index contributed by atoms with van der Waals surface area (Å²) in [5.74, 6) is 1.29. The summed E-state index contributed by atoms with van der Waals surface area (Å²) >= 11 is 0. The van der Waals surface area contributed by atoms with Crippen molar-refractivity contribution in [2.24, 2.45) is 4.99 Å². The SMILES string of the molecule is CCNC(=NCC(CC)c1ccccc1)NC1CCN(C(=O)OCC)CC1. The molecule has 2 N–H and O–H groups in total. The van der Waals surface area contributed by atoms with Crippen LogP contribution in [0.15, 0.2) is 35.3 Å². The van der Waals surface area contributed by atoms with Gasteiger partial charge in [0.1, 0.15) is 0 Å². The predicted octanol–water partition coefficient (Wildman–Crippen LogP) is 3.36. The lowest BCUT2D eigenvalue weighted by atomic mass is 9.97. The molecule has 1 aromatic rings. The fraction of sp³-hybridized carbons (Fsp3) is 0.619. The molecule has 6 heteroatoms. The number of piperidine rings is 1. The van der Waals surface area contributed by atoms with Gasteiger partial charge in [-0.1, -0.05) is 37.3 Å². The molecule has 0 saturated carbocycles. The lowest BCUT2D eigenvalue weighted by Gasteiger charge is -2.32. The third kappa shape index (κ3) is 6.77. The van der Waals surface area contributed by atoms with Crippen LogP contribution in [0.1, 0.15) is 51.5 Å². The molecule has 1 heterocycles. The number of benzene rings is 1. The maximum atomic E-state index is 11.8. The molecule has 0 aliphatic carbocycles. The zero-order valence-electron chi connectivity index (χ0n) is 16.9. The van der Waals surface area contributed by atoms with Crippen molar-refractivity contribution >= 4 is 12.1 Å². The molecule has 1 aliphatic heterocycles. The van der Waals surface area contributed by atoms with Crippen LogP contribution < -0.4 is 10.6 Å². The van der Waals surface area contributed by atoms with Gasteiger partial charge in [0.25, 0.3) is 0 Å². The lowest BCUT2D eigenvalue weighted by Crippen LogP contribution is -2.50. The van der Waals surface area contributed by atoms with Crippen molar-refractivity contribution in [2.75, 3.05) is 32.8 Å². The Bertz CT molecular complexity index is 583. The summed E-state index contributed by atoms with van der Waals surface area (Å²) in [6, 6.07) is 10.9. The summed E-state index contributed by atoms with van der Waals surface area (Å²) < 4.78 is 5.09. The first-order chi connectivity index (χ1) is 13.2. The number of ether oxygens (including phenoxy) is 1. The highest BCUT2D eigenvalue weighted by molar-refractivity contribution is 5.80. The van der Waals surface area contributed by atoms with Crippen LogP contribution in [0, 0.1) is 0 Å². The summed E-state index contributed by atoms with van der Waals surface area (Å²) in [5.41, 5.74) is 1.34. The standard InChI is InChI=1S/C21H34N4O2/c1-4-17(18-10-8-7-9-11-18)16-23-20(22-5-2)24-19-12-14-25(15-13-19)21(26)27-6-3/h7-11,17,19H,4-6,12-16H2,1-3H3,(H2,22,23,24). The van der Waals surface area contributed by atoms with E-state index in [-0.39, 0.29) is 6.09 Å². The van der Waals surface area contributed by atoms with Crippen LogP contribution in [0.3, 0.4) is 0 Å². The summed E-state index contributed by atoms with van der Waals surface area (Å²) in [6.45, 7) is 9.58. The highest BCUT2D eigenvalue weighted by Crippen LogP contribution is 2.19. The average Bonchev–Trinajstić information content (AvgIpc) is 2.70. The Morgan fingerprint density at radius 3 is 2.52 bits per heavy atom. The van der Waals surface area contributed by atoms with Crippen molar-refractivity contribution < 1.29 is 9.53 Å². The van der Waals surface area contributed by atoms with Gasteiger partial charge in [0.05, 0.1) is 6.61 Å². The van der Waals surface area contributed by atoms with Crippen LogP contribution in [0.25, 0.3) is 0 Å². The number of nitrogens with one attached hydrogen (secondary N) is 2. The highest BCUT2D eigenvalue weighted by atomic mass is 16.6. The Labute approximate surface area is 163 Å². The van der Waals surface area contributed by atoms with Gasteiger partial charge in [-0.05, 0) is 38.7 Å². The van der Waals surface area contributed by atoms with Gasteiger partial charge < -0.3 is 20.3 Å². The molecule has 0 aromatic heterocycles. The fourth-order valence-electron chi connectivity index (χ4n) is 3.33. The molecule has 1 aromatic carbocycles. The second-order valence-corrected chi connectivity index (χ2v) is 6.84. The van der Waals surface area contributed by atoms with Gasteiger partial charge in [-0.3, -0.25) is 4.99 Å². The number of amides is 1. The number of hydrogen-bond donors (Lipinski definition) is 2. The number of hydrogen-bond acceptors (Lipinski definition) is 3. The number of carbonyl (C=O) groups excluding carboxylic acids is 1. The van der Waals surface area contributed by atoms with Crippen molar-refractivity contribution in [2.45, 2.75) is 52.0 Å². The third-order valence-corrected chi connectivity index (χ3v) is 4.94. The minimum Gasteiger partial charge on any atom is -0.450 e. The van der Waals surface area contributed by atoms with Crippen LogP contribution in [0.2, 0.25) is 0 Å². The molecular weight excluding hydrogens is 340 g/mol. The van der Waals surface area contributed by atoms with Gasteiger partial charge in [-0.25, -0.2) is 4.79 Å². The summed E-state index contributed by atoms with van der Waals surface area (Å²) in [4.78, 5) is 18.4. The van der Waals surface area contributed by atoms with Gasteiger partial charge in [0.2, 0.25) is 0 Å². The number of nitrogens with zero attached hydrogens (tertiary/aromatic N) is 2. The van der Waals surface area contributed by atoms with E-state index in [1.165, 1.54) is 5.56 Å². The molecule has 0 bridgehead atoms. The number of carbonyl (C=O) groups is 1. The molecule has 1 aliphatic rings. The molecule has 1 amide bonds. The first-order valence-corrected chi connectivity index (χ1v) is 10.2. The first-order valence-electron chi connectivity index (χ1n) is 10.2. The van der Waals surface area contributed by atoms with E-state index in [2.05, 4.69) is 48.7 Å². The highest BCUT2D eigenvalue weighted by Gasteiger charge is 2.24. The van der Waals surface area contributed by atoms with Gasteiger partial charge >= 0.3 is 6.09 Å². The van der Waals surface area contributed by atoms with Gasteiger partial charge in [-0.15, -0.1) is 0 Å². The maximum absolute atomic E-state index is 11.8. The molecule has 1 unspecified atom stereocenters. The topological polar surface area (TPSA) is 66.0 Å². The van der Waals surface area contributed by atoms with E-state index in [4.69, 9.17) is 9.73 Å². The number of guanidine groups is 1. The second kappa shape index (κ2) is 11.5. The Morgan fingerprint density at radius 1 is 1.22 bits per heavy atom. The number of aliphatic imine (C=N–C) groups is 1. The maximum Gasteiger partial charge on any atom is 0.409 e. The zero-order valence-corrected chi connectivity index (χ0v) is 16.9. The smallest absolute Gasteiger partial charge is 0.409 e. The summed E-state index contributed by atoms with van der Waals surface area (Å²) in [6.07, 6.45) is 2.66. The van der Waals surface area contributed by atoms with Crippen LogP contribution in [0.5, 0.6) is 0 Å². The third-order valence-electron chi connectivity index (χ3n) is 4.94. The predicted molar refractivity (Wildman–Crippen MR) is 110 cm³/mol. The van der Waals surface area contributed by atoms with Crippen molar-refractivity contribution in [3.63, 3.8) is 0 Å². The molecule has 1 atom stereocenters. The molecule has 150 valence electrons. The zero-order chi connectivity index (χ0) is 19.5. The Balaban J connectivity index is 1.89. The quantitative estimate of drug-likeness (QED) is 0.567. The molecule has 2 rings (SSSR count). The average molecular weight is 375 g/mol. The van der Waals surface area contributed by atoms with Crippen molar-refractivity contribution in [3.8, 4) is 0 Å². The monoisotopic (exact) mass is 374 g/mol. The van der Waals surface area contributed by atoms with Gasteiger partial charge in [0.15, 0.2) is 5.96 Å². The van der Waals surface area contributed by atoms with E-state index in [1.807, 2.05) is 13.0 Å². The lowest BCUT2D eigenvalue weighted by molar-refractivity contribution is 0.0963. The second-order valence-electron chi connectivity index (χ2n) is 6.84. The number of likely N-dealkylation sites (tertiary alicyclic amines) is 1. The summed E-state index contributed by atoms with van der Waals surface area (Å²) in [5, 5.41) is 6.89. The molecule has 0 spiro atoms. The van der Waals surface area contributed by atoms with Gasteiger partial charge in [-0.2, -0.15) is 0 Å². The van der Waals surface area contributed by atoms with Crippen molar-refractivity contribution in [1.29, 1.82) is 0 Å². The van der Waals surface area contributed by atoms with Crippen LogP contribution in [0.4, 0.5) is 4.79 Å². The molecule has 1 saturated heterocycles. The van der Waals surface area contributed by atoms with Gasteiger partial charge in [0, 0.05) is 38.1 Å². The molecule has 0 radical (unpaired) electrons. The van der Waals surface area contributed by atoms with E-state index >= 15 is 0 Å². The van der Waals surface area contributed by atoms with Crippen molar-refractivity contribution in [3.05, 3.63) is 35.9 Å². The molecule has 27 heavy (non-hydrogen) atoms. The Hall–Kier alpha value is -2.24. The molecule has 1 fully saturated rings. The van der Waals surface area contributed by atoms with Crippen LogP contribution in [-0.2, 0) is 4.74 Å². The fourth-order valence-corrected chi connectivity index (χ4v) is 3.33.